The number of nitrogens with zero attached hydrogens (tertiary/aromatic N) is 2. The van der Waals surface area contributed by atoms with E-state index in [-0.39, 0.29) is 17.2 Å². The SMILES string of the molecule is COc1ccc(C2CCCN2CCNC(=O)c2ccc(=O)[nH]n2)cc1. The molecular weight excluding hydrogens is 320 g/mol. The second-order valence-electron chi connectivity index (χ2n) is 6.03. The van der Waals surface area contributed by atoms with Crippen molar-refractivity contribution in [2.45, 2.75) is 18.9 Å². The molecule has 132 valence electrons. The Balaban J connectivity index is 1.53. The van der Waals surface area contributed by atoms with Crippen LogP contribution < -0.4 is 15.6 Å². The van der Waals surface area contributed by atoms with Gasteiger partial charge >= 0.3 is 0 Å². The summed E-state index contributed by atoms with van der Waals surface area (Å²) in [5.41, 5.74) is 1.16. The molecule has 25 heavy (non-hydrogen) atoms. The van der Waals surface area contributed by atoms with Crippen molar-refractivity contribution in [1.29, 1.82) is 0 Å². The van der Waals surface area contributed by atoms with Crippen LogP contribution in [0.15, 0.2) is 41.2 Å². The van der Waals surface area contributed by atoms with E-state index in [9.17, 15) is 9.59 Å². The van der Waals surface area contributed by atoms with Gasteiger partial charge in [-0.05, 0) is 43.1 Å². The fraction of sp³-hybridized carbons (Fsp3) is 0.389. The maximum atomic E-state index is 12.0. The highest BCUT2D eigenvalue weighted by Crippen LogP contribution is 2.32. The lowest BCUT2D eigenvalue weighted by Gasteiger charge is -2.25. The largest absolute Gasteiger partial charge is 0.497 e. The van der Waals surface area contributed by atoms with Gasteiger partial charge < -0.3 is 10.1 Å². The Morgan fingerprint density at radius 1 is 1.32 bits per heavy atom. The van der Waals surface area contributed by atoms with E-state index in [1.807, 2.05) is 12.1 Å². The summed E-state index contributed by atoms with van der Waals surface area (Å²) in [6.07, 6.45) is 2.26. The van der Waals surface area contributed by atoms with Gasteiger partial charge in [-0.1, -0.05) is 12.1 Å². The van der Waals surface area contributed by atoms with Gasteiger partial charge in [0, 0.05) is 25.2 Å². The molecule has 1 atom stereocenters. The predicted molar refractivity (Wildman–Crippen MR) is 93.7 cm³/mol. The highest BCUT2D eigenvalue weighted by Gasteiger charge is 2.25. The van der Waals surface area contributed by atoms with E-state index in [0.717, 1.165) is 31.7 Å². The highest BCUT2D eigenvalue weighted by molar-refractivity contribution is 5.91. The van der Waals surface area contributed by atoms with Gasteiger partial charge in [0.2, 0.25) is 0 Å². The third-order valence-electron chi connectivity index (χ3n) is 4.46. The number of aromatic nitrogens is 2. The lowest BCUT2D eigenvalue weighted by molar-refractivity contribution is 0.0941. The maximum Gasteiger partial charge on any atom is 0.271 e. The summed E-state index contributed by atoms with van der Waals surface area (Å²) in [6, 6.07) is 11.3. The van der Waals surface area contributed by atoms with Crippen molar-refractivity contribution in [3.8, 4) is 5.75 Å². The van der Waals surface area contributed by atoms with Gasteiger partial charge in [-0.15, -0.1) is 0 Å². The van der Waals surface area contributed by atoms with Gasteiger partial charge in [0.15, 0.2) is 0 Å². The number of hydrogen-bond acceptors (Lipinski definition) is 5. The van der Waals surface area contributed by atoms with E-state index >= 15 is 0 Å². The second-order valence-corrected chi connectivity index (χ2v) is 6.03. The van der Waals surface area contributed by atoms with Crippen molar-refractivity contribution in [1.82, 2.24) is 20.4 Å². The summed E-state index contributed by atoms with van der Waals surface area (Å²) >= 11 is 0. The molecule has 0 radical (unpaired) electrons. The zero-order valence-corrected chi connectivity index (χ0v) is 14.2. The molecule has 0 saturated carbocycles. The van der Waals surface area contributed by atoms with E-state index in [2.05, 4.69) is 32.5 Å². The van der Waals surface area contributed by atoms with Crippen molar-refractivity contribution in [3.63, 3.8) is 0 Å². The average Bonchev–Trinajstić information content (AvgIpc) is 3.11. The standard InChI is InChI=1S/C18H22N4O3/c1-25-14-6-4-13(5-7-14)16-3-2-11-22(16)12-10-19-18(24)15-8-9-17(23)21-20-15/h4-9,16H,2-3,10-12H2,1H3,(H,19,24)(H,21,23). The topological polar surface area (TPSA) is 87.3 Å². The van der Waals surface area contributed by atoms with E-state index in [4.69, 9.17) is 4.74 Å². The number of methoxy groups -OCH3 is 1. The zero-order chi connectivity index (χ0) is 17.6. The Bertz CT molecular complexity index is 752. The minimum atomic E-state index is -0.323. The normalized spacial score (nSPS) is 17.4. The molecule has 2 heterocycles. The Labute approximate surface area is 146 Å². The number of carbonyl (C=O) groups excluding carboxylic acids is 1. The minimum Gasteiger partial charge on any atom is -0.497 e. The smallest absolute Gasteiger partial charge is 0.271 e. The van der Waals surface area contributed by atoms with Crippen molar-refractivity contribution >= 4 is 5.91 Å². The summed E-state index contributed by atoms with van der Waals surface area (Å²) < 4.78 is 5.21. The Kier molecular flexibility index (Phi) is 5.45. The Morgan fingerprint density at radius 3 is 2.80 bits per heavy atom. The summed E-state index contributed by atoms with van der Waals surface area (Å²) in [7, 11) is 1.66. The number of H-pyrrole nitrogens is 1. The molecule has 1 unspecified atom stereocenters. The molecule has 1 saturated heterocycles. The molecule has 1 aromatic carbocycles. The number of hydrogen-bond donors (Lipinski definition) is 2. The third-order valence-corrected chi connectivity index (χ3v) is 4.46. The third kappa shape index (κ3) is 4.24. The van der Waals surface area contributed by atoms with Crippen LogP contribution >= 0.6 is 0 Å². The van der Waals surface area contributed by atoms with E-state index in [0.29, 0.717) is 12.6 Å². The van der Waals surface area contributed by atoms with Gasteiger partial charge in [0.05, 0.1) is 7.11 Å². The molecule has 7 nitrogen and oxygen atoms in total. The molecular formula is C18H22N4O3. The molecule has 0 spiro atoms. The quantitative estimate of drug-likeness (QED) is 0.827. The Hall–Kier alpha value is -2.67. The number of aromatic amines is 1. The molecule has 1 aliphatic heterocycles. The van der Waals surface area contributed by atoms with Gasteiger partial charge in [0.25, 0.3) is 11.5 Å². The van der Waals surface area contributed by atoms with Crippen LogP contribution in [0.2, 0.25) is 0 Å². The molecule has 1 fully saturated rings. The van der Waals surface area contributed by atoms with Crippen LogP contribution in [-0.4, -0.2) is 47.7 Å². The number of amides is 1. The van der Waals surface area contributed by atoms with Gasteiger partial charge in [-0.25, -0.2) is 5.10 Å². The summed E-state index contributed by atoms with van der Waals surface area (Å²) in [5.74, 6) is 0.574. The van der Waals surface area contributed by atoms with E-state index < -0.39 is 0 Å². The number of likely N-dealkylation sites (tertiary alicyclic amines) is 1. The molecule has 1 amide bonds. The lowest BCUT2D eigenvalue weighted by Crippen LogP contribution is -2.35. The monoisotopic (exact) mass is 342 g/mol. The summed E-state index contributed by atoms with van der Waals surface area (Å²) in [5, 5.41) is 8.85. The zero-order valence-electron chi connectivity index (χ0n) is 14.2. The number of carbonyl (C=O) groups is 1. The molecule has 0 bridgehead atoms. The Morgan fingerprint density at radius 2 is 2.12 bits per heavy atom. The number of nitrogens with one attached hydrogen (secondary N) is 2. The van der Waals surface area contributed by atoms with Crippen LogP contribution in [0, 0.1) is 0 Å². The van der Waals surface area contributed by atoms with E-state index in [1.165, 1.54) is 17.7 Å². The van der Waals surface area contributed by atoms with Crippen LogP contribution in [-0.2, 0) is 0 Å². The first-order valence-corrected chi connectivity index (χ1v) is 8.39. The van der Waals surface area contributed by atoms with Crippen molar-refractivity contribution in [2.24, 2.45) is 0 Å². The van der Waals surface area contributed by atoms with Crippen LogP contribution in [0.1, 0.15) is 34.9 Å². The fourth-order valence-corrected chi connectivity index (χ4v) is 3.17. The number of ether oxygens (including phenoxy) is 1. The van der Waals surface area contributed by atoms with Crippen LogP contribution in [0.5, 0.6) is 5.75 Å². The maximum absolute atomic E-state index is 12.0. The van der Waals surface area contributed by atoms with Crippen molar-refractivity contribution in [3.05, 3.63) is 58.0 Å². The van der Waals surface area contributed by atoms with Crippen molar-refractivity contribution in [2.75, 3.05) is 26.7 Å². The number of rotatable bonds is 6. The summed E-state index contributed by atoms with van der Waals surface area (Å²) in [6.45, 7) is 2.32. The van der Waals surface area contributed by atoms with Gasteiger partial charge in [-0.3, -0.25) is 14.5 Å². The highest BCUT2D eigenvalue weighted by atomic mass is 16.5. The van der Waals surface area contributed by atoms with Crippen LogP contribution in [0.25, 0.3) is 0 Å². The van der Waals surface area contributed by atoms with Crippen LogP contribution in [0.3, 0.4) is 0 Å². The molecule has 2 N–H and O–H groups in total. The first-order valence-electron chi connectivity index (χ1n) is 8.39. The van der Waals surface area contributed by atoms with Gasteiger partial charge in [0.1, 0.15) is 11.4 Å². The lowest BCUT2D eigenvalue weighted by atomic mass is 10.0. The average molecular weight is 342 g/mol. The van der Waals surface area contributed by atoms with Gasteiger partial charge in [-0.2, -0.15) is 5.10 Å². The summed E-state index contributed by atoms with van der Waals surface area (Å²) in [4.78, 5) is 25.4. The van der Waals surface area contributed by atoms with Crippen molar-refractivity contribution < 1.29 is 9.53 Å². The second kappa shape index (κ2) is 7.94. The molecule has 1 aliphatic rings. The molecule has 1 aromatic heterocycles. The molecule has 0 aliphatic carbocycles. The minimum absolute atomic E-state index is 0.215. The fourth-order valence-electron chi connectivity index (χ4n) is 3.17. The molecule has 7 heteroatoms. The predicted octanol–water partition coefficient (Wildman–Crippen LogP) is 1.35. The number of benzene rings is 1. The first-order chi connectivity index (χ1) is 12.2. The molecule has 2 aromatic rings. The molecule has 3 rings (SSSR count). The van der Waals surface area contributed by atoms with E-state index in [1.54, 1.807) is 7.11 Å². The van der Waals surface area contributed by atoms with Crippen LogP contribution in [0.4, 0.5) is 0 Å². The first kappa shape index (κ1) is 17.2.